The average molecular weight is 205 g/mol. The summed E-state index contributed by atoms with van der Waals surface area (Å²) in [7, 11) is 1.59. The van der Waals surface area contributed by atoms with Gasteiger partial charge in [-0.1, -0.05) is 0 Å². The number of hydrogen-bond donors (Lipinski definition) is 0. The topological polar surface area (TPSA) is 46.6 Å². The number of carbonyl (C=O) groups excluding carboxylic acids is 2. The lowest BCUT2D eigenvalue weighted by atomic mass is 10.00. The molecular formula is C11H11NO3. The molecule has 78 valence electrons. The Morgan fingerprint density at radius 2 is 2.07 bits per heavy atom. The molecule has 15 heavy (non-hydrogen) atoms. The SMILES string of the molecule is COc1ccc(N2CC(C=O)C2=O)cc1. The van der Waals surface area contributed by atoms with E-state index in [1.807, 2.05) is 0 Å². The Bertz CT molecular complexity index is 385. The molecule has 1 fully saturated rings. The second kappa shape index (κ2) is 3.73. The largest absolute Gasteiger partial charge is 0.497 e. The van der Waals surface area contributed by atoms with E-state index in [0.29, 0.717) is 12.8 Å². The van der Waals surface area contributed by atoms with Crippen LogP contribution in [0.4, 0.5) is 5.69 Å². The third kappa shape index (κ3) is 1.58. The van der Waals surface area contributed by atoms with E-state index in [0.717, 1.165) is 11.4 Å². The van der Waals surface area contributed by atoms with Crippen molar-refractivity contribution in [2.24, 2.45) is 5.92 Å². The molecule has 1 atom stereocenters. The number of anilines is 1. The van der Waals surface area contributed by atoms with E-state index in [-0.39, 0.29) is 5.91 Å². The minimum absolute atomic E-state index is 0.129. The Kier molecular flexibility index (Phi) is 2.41. The monoisotopic (exact) mass is 205 g/mol. The van der Waals surface area contributed by atoms with Crippen LogP contribution in [0.25, 0.3) is 0 Å². The van der Waals surface area contributed by atoms with E-state index in [2.05, 4.69) is 0 Å². The summed E-state index contributed by atoms with van der Waals surface area (Å²) in [6, 6.07) is 7.18. The zero-order valence-corrected chi connectivity index (χ0v) is 8.34. The van der Waals surface area contributed by atoms with Gasteiger partial charge in [0.25, 0.3) is 0 Å². The number of methoxy groups -OCH3 is 1. The van der Waals surface area contributed by atoms with E-state index in [1.54, 1.807) is 36.3 Å². The second-order valence-corrected chi connectivity index (χ2v) is 3.39. The molecule has 0 aliphatic carbocycles. The quantitative estimate of drug-likeness (QED) is 0.417. The molecule has 0 saturated carbocycles. The van der Waals surface area contributed by atoms with Gasteiger partial charge in [-0.3, -0.25) is 4.79 Å². The molecule has 1 unspecified atom stereocenters. The van der Waals surface area contributed by atoms with Crippen LogP contribution in [0.1, 0.15) is 0 Å². The first-order valence-electron chi connectivity index (χ1n) is 4.67. The Morgan fingerprint density at radius 3 is 2.53 bits per heavy atom. The fourth-order valence-electron chi connectivity index (χ4n) is 1.55. The third-order valence-electron chi connectivity index (χ3n) is 2.51. The second-order valence-electron chi connectivity index (χ2n) is 3.39. The van der Waals surface area contributed by atoms with E-state index in [9.17, 15) is 9.59 Å². The smallest absolute Gasteiger partial charge is 0.239 e. The Morgan fingerprint density at radius 1 is 1.40 bits per heavy atom. The van der Waals surface area contributed by atoms with E-state index >= 15 is 0 Å². The van der Waals surface area contributed by atoms with Crippen molar-refractivity contribution in [3.8, 4) is 5.75 Å². The molecule has 0 spiro atoms. The van der Waals surface area contributed by atoms with E-state index < -0.39 is 5.92 Å². The molecule has 0 radical (unpaired) electrons. The first-order valence-corrected chi connectivity index (χ1v) is 4.67. The van der Waals surface area contributed by atoms with Gasteiger partial charge in [-0.2, -0.15) is 0 Å². The summed E-state index contributed by atoms with van der Waals surface area (Å²) in [5, 5.41) is 0. The minimum Gasteiger partial charge on any atom is -0.497 e. The third-order valence-corrected chi connectivity index (χ3v) is 2.51. The first kappa shape index (κ1) is 9.71. The Balaban J connectivity index is 2.12. The molecule has 1 heterocycles. The van der Waals surface area contributed by atoms with Gasteiger partial charge in [0, 0.05) is 12.2 Å². The number of carbonyl (C=O) groups is 2. The molecule has 1 aromatic carbocycles. The highest BCUT2D eigenvalue weighted by Gasteiger charge is 2.37. The lowest BCUT2D eigenvalue weighted by Crippen LogP contribution is -2.53. The van der Waals surface area contributed by atoms with Crippen molar-refractivity contribution in [3.63, 3.8) is 0 Å². The summed E-state index contributed by atoms with van der Waals surface area (Å²) in [6.45, 7) is 0.481. The lowest BCUT2D eigenvalue weighted by molar-refractivity contribution is -0.131. The molecule has 1 aliphatic rings. The molecule has 2 rings (SSSR count). The molecule has 1 aromatic rings. The molecule has 0 bridgehead atoms. The fraction of sp³-hybridized carbons (Fsp3) is 0.273. The molecule has 1 saturated heterocycles. The minimum atomic E-state index is -0.452. The van der Waals surface area contributed by atoms with Gasteiger partial charge in [0.1, 0.15) is 18.0 Å². The summed E-state index contributed by atoms with van der Waals surface area (Å²) in [6.07, 6.45) is 0.697. The van der Waals surface area contributed by atoms with Gasteiger partial charge >= 0.3 is 0 Å². The van der Waals surface area contributed by atoms with Crippen molar-refractivity contribution >= 4 is 17.9 Å². The molecule has 1 amide bonds. The van der Waals surface area contributed by atoms with Crippen molar-refractivity contribution in [1.29, 1.82) is 0 Å². The van der Waals surface area contributed by atoms with Crippen LogP contribution in [0.15, 0.2) is 24.3 Å². The highest BCUT2D eigenvalue weighted by Crippen LogP contribution is 2.26. The van der Waals surface area contributed by atoms with Gasteiger partial charge in [-0.15, -0.1) is 0 Å². The molecule has 0 aromatic heterocycles. The predicted molar refractivity (Wildman–Crippen MR) is 54.9 cm³/mol. The number of amides is 1. The zero-order valence-electron chi connectivity index (χ0n) is 8.34. The molecule has 0 N–H and O–H groups in total. The summed E-state index contributed by atoms with van der Waals surface area (Å²) >= 11 is 0. The summed E-state index contributed by atoms with van der Waals surface area (Å²) < 4.78 is 5.01. The normalized spacial score (nSPS) is 19.7. The first-order chi connectivity index (χ1) is 7.26. The maximum atomic E-state index is 11.4. The van der Waals surface area contributed by atoms with Crippen LogP contribution in [-0.2, 0) is 9.59 Å². The standard InChI is InChI=1S/C11H11NO3/c1-15-10-4-2-9(3-5-10)12-6-8(7-13)11(12)14/h2-5,7-8H,6H2,1H3. The van der Waals surface area contributed by atoms with Crippen molar-refractivity contribution in [1.82, 2.24) is 0 Å². The Hall–Kier alpha value is -1.84. The molecule has 1 aliphatic heterocycles. The van der Waals surface area contributed by atoms with Crippen LogP contribution >= 0.6 is 0 Å². The molecule has 4 heteroatoms. The van der Waals surface area contributed by atoms with Crippen LogP contribution in [0, 0.1) is 5.92 Å². The van der Waals surface area contributed by atoms with Gasteiger partial charge < -0.3 is 14.4 Å². The number of aldehydes is 1. The number of nitrogens with zero attached hydrogens (tertiary/aromatic N) is 1. The van der Waals surface area contributed by atoms with Crippen molar-refractivity contribution in [2.45, 2.75) is 0 Å². The van der Waals surface area contributed by atoms with Gasteiger partial charge in [0.2, 0.25) is 5.91 Å². The van der Waals surface area contributed by atoms with Crippen molar-refractivity contribution in [3.05, 3.63) is 24.3 Å². The maximum absolute atomic E-state index is 11.4. The number of benzene rings is 1. The van der Waals surface area contributed by atoms with Crippen molar-refractivity contribution < 1.29 is 14.3 Å². The lowest BCUT2D eigenvalue weighted by Gasteiger charge is -2.35. The summed E-state index contributed by atoms with van der Waals surface area (Å²) in [4.78, 5) is 23.4. The van der Waals surface area contributed by atoms with E-state index in [4.69, 9.17) is 4.74 Å². The zero-order chi connectivity index (χ0) is 10.8. The van der Waals surface area contributed by atoms with Crippen LogP contribution < -0.4 is 9.64 Å². The molecule has 4 nitrogen and oxygen atoms in total. The summed E-state index contributed by atoms with van der Waals surface area (Å²) in [5.74, 6) is 0.168. The van der Waals surface area contributed by atoms with Crippen LogP contribution in [0.5, 0.6) is 5.75 Å². The summed E-state index contributed by atoms with van der Waals surface area (Å²) in [5.41, 5.74) is 0.805. The maximum Gasteiger partial charge on any atom is 0.239 e. The van der Waals surface area contributed by atoms with Crippen LogP contribution in [0.2, 0.25) is 0 Å². The van der Waals surface area contributed by atoms with Gasteiger partial charge in [0.05, 0.1) is 7.11 Å². The van der Waals surface area contributed by atoms with E-state index in [1.165, 1.54) is 0 Å². The highest BCUT2D eigenvalue weighted by molar-refractivity contribution is 6.09. The van der Waals surface area contributed by atoms with Crippen molar-refractivity contribution in [2.75, 3.05) is 18.6 Å². The van der Waals surface area contributed by atoms with Crippen LogP contribution in [0.3, 0.4) is 0 Å². The number of ether oxygens (including phenoxy) is 1. The predicted octanol–water partition coefficient (Wildman–Crippen LogP) is 0.857. The average Bonchev–Trinajstić information content (AvgIpc) is 2.28. The van der Waals surface area contributed by atoms with Crippen LogP contribution in [-0.4, -0.2) is 25.8 Å². The number of rotatable bonds is 3. The van der Waals surface area contributed by atoms with Gasteiger partial charge in [0.15, 0.2) is 0 Å². The van der Waals surface area contributed by atoms with Gasteiger partial charge in [-0.05, 0) is 24.3 Å². The fourth-order valence-corrected chi connectivity index (χ4v) is 1.55. The Labute approximate surface area is 87.4 Å². The highest BCUT2D eigenvalue weighted by atomic mass is 16.5. The van der Waals surface area contributed by atoms with Gasteiger partial charge in [-0.25, -0.2) is 0 Å². The number of β-lactam (4-membered cyclic amide) rings is 1. The number of hydrogen-bond acceptors (Lipinski definition) is 3. The molecular weight excluding hydrogens is 194 g/mol.